The van der Waals surface area contributed by atoms with Gasteiger partial charge in [-0.25, -0.2) is 4.79 Å². The fourth-order valence-corrected chi connectivity index (χ4v) is 7.93. The van der Waals surface area contributed by atoms with Gasteiger partial charge in [0, 0.05) is 52.8 Å². The van der Waals surface area contributed by atoms with Crippen molar-refractivity contribution in [1.29, 1.82) is 0 Å². The molecule has 1 rings (SSSR count). The van der Waals surface area contributed by atoms with Gasteiger partial charge in [0.15, 0.2) is 0 Å². The number of hydrogen-bond donors (Lipinski definition) is 3. The van der Waals surface area contributed by atoms with E-state index in [9.17, 15) is 28.8 Å². The maximum atomic E-state index is 12.7. The number of amides is 5. The van der Waals surface area contributed by atoms with Gasteiger partial charge in [-0.1, -0.05) is 6.42 Å². The van der Waals surface area contributed by atoms with Crippen LogP contribution in [-0.2, 0) is 147 Å². The van der Waals surface area contributed by atoms with Gasteiger partial charge in [-0.3, -0.25) is 24.0 Å². The second kappa shape index (κ2) is 78.6. The minimum Gasteiger partial charge on any atom is -0.382 e. The van der Waals surface area contributed by atoms with Crippen LogP contribution in [0.4, 0.5) is 0 Å². The first-order valence-corrected chi connectivity index (χ1v) is 35.4. The first-order valence-electron chi connectivity index (χ1n) is 35.4. The van der Waals surface area contributed by atoms with Crippen molar-refractivity contribution in [2.45, 2.75) is 64.3 Å². The summed E-state index contributed by atoms with van der Waals surface area (Å²) < 4.78 is 131. The average molecular weight is 1470 g/mol. The van der Waals surface area contributed by atoms with E-state index in [2.05, 4.69) is 16.0 Å². The van der Waals surface area contributed by atoms with Crippen molar-refractivity contribution in [3.8, 4) is 0 Å². The number of carbonyl (C=O) groups excluding carboxylic acids is 6. The lowest BCUT2D eigenvalue weighted by Gasteiger charge is -2.17. The topological polar surface area (TPSA) is 372 Å². The molecule has 1 aliphatic heterocycles. The van der Waals surface area contributed by atoms with Crippen molar-refractivity contribution in [2.24, 2.45) is 0 Å². The lowest BCUT2D eigenvalue weighted by atomic mass is 10.1. The third-order valence-corrected chi connectivity index (χ3v) is 13.1. The summed E-state index contributed by atoms with van der Waals surface area (Å²) in [7, 11) is 1.64. The summed E-state index contributed by atoms with van der Waals surface area (Å²) in [5, 5.41) is 8.55. The quantitative estimate of drug-likeness (QED) is 0.0520. The van der Waals surface area contributed by atoms with E-state index in [0.717, 1.165) is 0 Å². The van der Waals surface area contributed by atoms with Crippen LogP contribution in [0.3, 0.4) is 0 Å². The monoisotopic (exact) mass is 1470 g/mol. The highest BCUT2D eigenvalue weighted by atomic mass is 16.7. The summed E-state index contributed by atoms with van der Waals surface area (Å²) in [5.41, 5.74) is 0. The molecule has 35 heteroatoms. The summed E-state index contributed by atoms with van der Waals surface area (Å²) >= 11 is 0. The van der Waals surface area contributed by atoms with Crippen LogP contribution in [0.15, 0.2) is 0 Å². The van der Waals surface area contributed by atoms with Crippen molar-refractivity contribution in [3.63, 3.8) is 0 Å². The third kappa shape index (κ3) is 71.5. The fraction of sp³-hybridized carbons (Fsp3) is 0.909. The van der Waals surface area contributed by atoms with E-state index in [1.54, 1.807) is 7.11 Å². The second-order valence-corrected chi connectivity index (χ2v) is 21.4. The predicted octanol–water partition coefficient (Wildman–Crippen LogP) is -0.301. The molecule has 0 spiro atoms. The van der Waals surface area contributed by atoms with Crippen molar-refractivity contribution >= 4 is 35.5 Å². The number of hydroxylamine groups is 2. The highest BCUT2D eigenvalue weighted by Crippen LogP contribution is 2.13. The van der Waals surface area contributed by atoms with Crippen LogP contribution < -0.4 is 16.0 Å². The fourth-order valence-electron chi connectivity index (χ4n) is 7.93. The maximum absolute atomic E-state index is 12.7. The number of nitrogens with one attached hydrogen (secondary N) is 3. The minimum atomic E-state index is -0.899. The Labute approximate surface area is 597 Å². The highest BCUT2D eigenvalue weighted by molar-refractivity contribution is 6.01. The van der Waals surface area contributed by atoms with Crippen LogP contribution in [0.1, 0.15) is 58.3 Å². The Kier molecular flexibility index (Phi) is 74.0. The molecule has 1 aliphatic rings. The number of methoxy groups -OCH3 is 1. The van der Waals surface area contributed by atoms with Crippen LogP contribution >= 0.6 is 0 Å². The predicted molar refractivity (Wildman–Crippen MR) is 359 cm³/mol. The van der Waals surface area contributed by atoms with Gasteiger partial charge < -0.3 is 134 Å². The molecular formula is C66H124N4O31. The SMILES string of the molecule is COCCOCCOCCOCCOCCOCCOCCOCCOCCOCCOCCOCCOCCOCCOCCOCCOCCOCCOCCOCCOCCOCCOCCOCCNC(=O)C(CCC(=O)NCCCCCC(=O)ON1C(=O)CCC1=O)NC(C)=O. The van der Waals surface area contributed by atoms with Gasteiger partial charge >= 0.3 is 5.97 Å². The van der Waals surface area contributed by atoms with E-state index in [-0.39, 0.29) is 51.2 Å². The molecule has 0 radical (unpaired) electrons. The molecule has 0 aromatic carbocycles. The largest absolute Gasteiger partial charge is 0.382 e. The number of hydrogen-bond acceptors (Lipinski definition) is 31. The molecule has 0 saturated carbocycles. The van der Waals surface area contributed by atoms with Crippen LogP contribution in [0, 0.1) is 0 Å². The standard InChI is InChI=1S/C66H124N4O31/c1-60(71)69-61(7-8-62(72)67-11-5-3-4-6-65(75)101-70-63(73)9-10-64(70)74)66(76)68-12-13-78-16-17-80-20-21-82-24-25-84-28-29-86-32-33-88-36-37-90-40-41-92-44-45-94-48-49-96-52-53-98-56-57-100-59-58-99-55-54-97-51-50-95-47-46-93-43-42-91-39-38-89-35-34-87-31-30-85-27-26-83-23-22-81-19-18-79-15-14-77-2/h61H,3-59H2,1-2H3,(H,67,72)(H,68,76)(H,69,71). The first kappa shape index (κ1) is 95.1. The van der Waals surface area contributed by atoms with Gasteiger partial charge in [-0.2, -0.15) is 0 Å². The molecule has 101 heavy (non-hydrogen) atoms. The van der Waals surface area contributed by atoms with Gasteiger partial charge in [0.2, 0.25) is 17.7 Å². The van der Waals surface area contributed by atoms with Crippen LogP contribution in [0.2, 0.25) is 0 Å². The van der Waals surface area contributed by atoms with E-state index in [1.165, 1.54) is 6.92 Å². The van der Waals surface area contributed by atoms with E-state index in [4.69, 9.17) is 119 Å². The Bertz CT molecular complexity index is 1850. The van der Waals surface area contributed by atoms with E-state index >= 15 is 0 Å². The van der Waals surface area contributed by atoms with Gasteiger partial charge in [0.1, 0.15) is 6.04 Å². The number of imide groups is 1. The third-order valence-electron chi connectivity index (χ3n) is 13.1. The maximum Gasteiger partial charge on any atom is 0.333 e. The Hall–Kier alpha value is -3.94. The molecule has 1 heterocycles. The smallest absolute Gasteiger partial charge is 0.333 e. The molecule has 594 valence electrons. The zero-order chi connectivity index (χ0) is 72.7. The van der Waals surface area contributed by atoms with Crippen LogP contribution in [-0.4, -0.2) is 377 Å². The second-order valence-electron chi connectivity index (χ2n) is 21.4. The minimum absolute atomic E-state index is 0.00733. The number of nitrogens with zero attached hydrogens (tertiary/aromatic N) is 1. The van der Waals surface area contributed by atoms with Crippen LogP contribution in [0.25, 0.3) is 0 Å². The number of rotatable bonds is 84. The van der Waals surface area contributed by atoms with Gasteiger partial charge in [0.25, 0.3) is 11.8 Å². The molecule has 5 amide bonds. The summed E-state index contributed by atoms with van der Waals surface area (Å²) in [4.78, 5) is 76.6. The summed E-state index contributed by atoms with van der Waals surface area (Å²) in [6.45, 7) is 23.6. The molecule has 0 bridgehead atoms. The Morgan fingerprint density at radius 2 is 0.564 bits per heavy atom. The number of ether oxygens (including phenoxy) is 24. The molecule has 1 atom stereocenters. The molecule has 35 nitrogen and oxygen atoms in total. The van der Waals surface area contributed by atoms with Gasteiger partial charge in [0.05, 0.1) is 311 Å². The summed E-state index contributed by atoms with van der Waals surface area (Å²) in [5.74, 6) is -2.86. The average Bonchev–Trinajstić information content (AvgIpc) is 1.90. The van der Waals surface area contributed by atoms with E-state index in [0.29, 0.717) is 335 Å². The summed E-state index contributed by atoms with van der Waals surface area (Å²) in [6.07, 6.45) is 1.81. The molecule has 0 aliphatic carbocycles. The molecule has 0 aromatic rings. The molecule has 1 saturated heterocycles. The Morgan fingerprint density at radius 1 is 0.317 bits per heavy atom. The molecular weight excluding hydrogens is 1340 g/mol. The van der Waals surface area contributed by atoms with Crippen molar-refractivity contribution in [2.75, 3.05) is 331 Å². The van der Waals surface area contributed by atoms with Crippen molar-refractivity contribution in [1.82, 2.24) is 21.0 Å². The zero-order valence-electron chi connectivity index (χ0n) is 60.5. The lowest BCUT2D eigenvalue weighted by Crippen LogP contribution is -2.47. The zero-order valence-corrected chi connectivity index (χ0v) is 60.5. The molecule has 1 unspecified atom stereocenters. The summed E-state index contributed by atoms with van der Waals surface area (Å²) in [6, 6.07) is -0.899. The van der Waals surface area contributed by atoms with Crippen molar-refractivity contribution in [3.05, 3.63) is 0 Å². The van der Waals surface area contributed by atoms with E-state index < -0.39 is 35.6 Å². The van der Waals surface area contributed by atoms with Gasteiger partial charge in [-0.15, -0.1) is 5.06 Å². The lowest BCUT2D eigenvalue weighted by molar-refractivity contribution is -0.197. The van der Waals surface area contributed by atoms with Crippen LogP contribution in [0.5, 0.6) is 0 Å². The first-order chi connectivity index (χ1) is 49.7. The molecule has 1 fully saturated rings. The number of unbranched alkanes of at least 4 members (excludes halogenated alkanes) is 2. The van der Waals surface area contributed by atoms with Crippen molar-refractivity contribution < 1.29 is 147 Å². The molecule has 3 N–H and O–H groups in total. The Balaban J connectivity index is 1.68. The van der Waals surface area contributed by atoms with Gasteiger partial charge in [-0.05, 0) is 19.3 Å². The Morgan fingerprint density at radius 3 is 0.812 bits per heavy atom. The highest BCUT2D eigenvalue weighted by Gasteiger charge is 2.32. The molecule has 0 aromatic heterocycles. The van der Waals surface area contributed by atoms with E-state index in [1.807, 2.05) is 0 Å². The number of carbonyl (C=O) groups is 6. The normalized spacial score (nSPS) is 12.7.